The summed E-state index contributed by atoms with van der Waals surface area (Å²) in [5.41, 5.74) is 0.991. The van der Waals surface area contributed by atoms with Gasteiger partial charge in [0.2, 0.25) is 5.91 Å². The number of carbonyl (C=O) groups excluding carboxylic acids is 1. The molecule has 0 aliphatic carbocycles. The van der Waals surface area contributed by atoms with Crippen LogP contribution in [0.25, 0.3) is 20.7 Å². The van der Waals surface area contributed by atoms with Crippen molar-refractivity contribution in [1.82, 2.24) is 20.2 Å². The maximum atomic E-state index is 12.7. The molecule has 2 unspecified atom stereocenters. The molecule has 0 bridgehead atoms. The van der Waals surface area contributed by atoms with Gasteiger partial charge < -0.3 is 10.3 Å². The fourth-order valence-electron chi connectivity index (χ4n) is 4.13. The van der Waals surface area contributed by atoms with E-state index in [2.05, 4.69) is 29.0 Å². The molecule has 2 atom stereocenters. The van der Waals surface area contributed by atoms with Crippen LogP contribution in [0.4, 0.5) is 0 Å². The van der Waals surface area contributed by atoms with Gasteiger partial charge in [-0.2, -0.15) is 0 Å². The van der Waals surface area contributed by atoms with Crippen molar-refractivity contribution in [3.05, 3.63) is 52.6 Å². The van der Waals surface area contributed by atoms with Gasteiger partial charge in [-0.3, -0.25) is 14.5 Å². The lowest BCUT2D eigenvalue weighted by molar-refractivity contribution is -0.127. The summed E-state index contributed by atoms with van der Waals surface area (Å²) in [7, 11) is 0. The summed E-state index contributed by atoms with van der Waals surface area (Å²) in [5.74, 6) is 0.806. The topological polar surface area (TPSA) is 78.1 Å². The number of unbranched alkanes of at least 4 members (excludes halogenated alkanes) is 1. The van der Waals surface area contributed by atoms with E-state index >= 15 is 0 Å². The number of aromatic nitrogens is 2. The van der Waals surface area contributed by atoms with E-state index in [0.29, 0.717) is 30.3 Å². The predicted octanol–water partition coefficient (Wildman–Crippen LogP) is 4.17. The van der Waals surface area contributed by atoms with Crippen LogP contribution in [0.5, 0.6) is 0 Å². The second-order valence-electron chi connectivity index (χ2n) is 8.41. The van der Waals surface area contributed by atoms with Crippen molar-refractivity contribution in [3.8, 4) is 10.4 Å². The molecule has 0 spiro atoms. The van der Waals surface area contributed by atoms with Crippen molar-refractivity contribution < 1.29 is 4.79 Å². The molecule has 3 aromatic rings. The second-order valence-corrected chi connectivity index (χ2v) is 9.44. The zero-order valence-corrected chi connectivity index (χ0v) is 19.0. The molecule has 0 radical (unpaired) electrons. The average Bonchev–Trinajstić information content (AvgIpc) is 3.21. The van der Waals surface area contributed by atoms with E-state index < -0.39 is 0 Å². The van der Waals surface area contributed by atoms with Crippen LogP contribution in [0, 0.1) is 5.92 Å². The molecule has 2 N–H and O–H groups in total. The van der Waals surface area contributed by atoms with Gasteiger partial charge in [0.05, 0.1) is 17.8 Å². The summed E-state index contributed by atoms with van der Waals surface area (Å²) in [6, 6.07) is 12.3. The maximum Gasteiger partial charge on any atom is 0.259 e. The number of aromatic amines is 1. The first-order chi connectivity index (χ1) is 15.0. The number of benzene rings is 1. The highest BCUT2D eigenvalue weighted by Gasteiger charge is 2.30. The van der Waals surface area contributed by atoms with Gasteiger partial charge in [0.25, 0.3) is 5.56 Å². The molecule has 1 fully saturated rings. The number of nitrogens with one attached hydrogen (secondary N) is 2. The fourth-order valence-corrected chi connectivity index (χ4v) is 5.19. The first-order valence-corrected chi connectivity index (χ1v) is 12.0. The summed E-state index contributed by atoms with van der Waals surface area (Å²) in [6.45, 7) is 6.29. The van der Waals surface area contributed by atoms with Crippen molar-refractivity contribution in [2.24, 2.45) is 5.92 Å². The van der Waals surface area contributed by atoms with Crippen molar-refractivity contribution in [2.45, 2.75) is 52.1 Å². The molecule has 6 nitrogen and oxygen atoms in total. The molecule has 1 aromatic carbocycles. The third kappa shape index (κ3) is 5.05. The van der Waals surface area contributed by atoms with Gasteiger partial charge in [-0.1, -0.05) is 43.7 Å². The number of thiophene rings is 1. The van der Waals surface area contributed by atoms with E-state index in [0.717, 1.165) is 47.5 Å². The Balaban J connectivity index is 1.50. The third-order valence-electron chi connectivity index (χ3n) is 6.07. The highest BCUT2D eigenvalue weighted by Crippen LogP contribution is 2.31. The number of carbonyl (C=O) groups is 1. The van der Waals surface area contributed by atoms with E-state index in [1.807, 2.05) is 36.4 Å². The van der Waals surface area contributed by atoms with Crippen LogP contribution in [0.15, 0.2) is 41.2 Å². The molecule has 2 aromatic heterocycles. The minimum Gasteiger partial charge on any atom is -0.356 e. The Kier molecular flexibility index (Phi) is 6.83. The number of amides is 1. The Morgan fingerprint density at radius 2 is 2.10 bits per heavy atom. The average molecular weight is 439 g/mol. The Morgan fingerprint density at radius 3 is 2.87 bits per heavy atom. The number of H-pyrrole nitrogens is 1. The third-order valence-corrected chi connectivity index (χ3v) is 7.15. The monoisotopic (exact) mass is 438 g/mol. The maximum absolute atomic E-state index is 12.7. The normalized spacial score (nSPS) is 19.5. The van der Waals surface area contributed by atoms with E-state index in [4.69, 9.17) is 4.98 Å². The number of nitrogens with zero attached hydrogens (tertiary/aromatic N) is 2. The molecule has 3 heterocycles. The van der Waals surface area contributed by atoms with Crippen molar-refractivity contribution in [1.29, 1.82) is 0 Å². The van der Waals surface area contributed by atoms with Crippen LogP contribution < -0.4 is 10.9 Å². The molecule has 7 heteroatoms. The highest BCUT2D eigenvalue weighted by molar-refractivity contribution is 7.21. The molecule has 1 saturated heterocycles. The van der Waals surface area contributed by atoms with Gasteiger partial charge in [0, 0.05) is 24.0 Å². The smallest absolute Gasteiger partial charge is 0.259 e. The van der Waals surface area contributed by atoms with Crippen LogP contribution in [0.1, 0.15) is 45.4 Å². The van der Waals surface area contributed by atoms with E-state index in [1.54, 1.807) is 11.3 Å². The molecule has 0 saturated carbocycles. The quantitative estimate of drug-likeness (QED) is 0.543. The lowest BCUT2D eigenvalue weighted by atomic mass is 9.92. The molecule has 4 rings (SSSR count). The standard InChI is InChI=1S/C24H30N4O2S/c1-3-4-12-25-22(29)18-11-10-16(2)28(14-18)15-21-26-23(30)19-13-20(31-24(19)27-21)17-8-6-5-7-9-17/h5-9,13,16,18H,3-4,10-12,14-15H2,1-2H3,(H,25,29)(H,26,27,30). The number of fused-ring (bicyclic) bond motifs is 1. The minimum absolute atomic E-state index is 0.00469. The zero-order chi connectivity index (χ0) is 21.8. The van der Waals surface area contributed by atoms with Crippen LogP contribution in [0.3, 0.4) is 0 Å². The summed E-state index contributed by atoms with van der Waals surface area (Å²) in [4.78, 5) is 37.0. The summed E-state index contributed by atoms with van der Waals surface area (Å²) in [6.07, 6.45) is 3.96. The molecular weight excluding hydrogens is 408 g/mol. The van der Waals surface area contributed by atoms with E-state index in [9.17, 15) is 9.59 Å². The first kappa shape index (κ1) is 21.7. The SMILES string of the molecule is CCCCNC(=O)C1CCC(C)N(Cc2nc3sc(-c4ccccc4)cc3c(=O)[nH]2)C1. The number of piperidine rings is 1. The van der Waals surface area contributed by atoms with E-state index in [1.165, 1.54) is 0 Å². The fraction of sp³-hybridized carbons (Fsp3) is 0.458. The summed E-state index contributed by atoms with van der Waals surface area (Å²) in [5, 5.41) is 3.70. The molecule has 1 aliphatic rings. The zero-order valence-electron chi connectivity index (χ0n) is 18.2. The van der Waals surface area contributed by atoms with Crippen LogP contribution in [-0.2, 0) is 11.3 Å². The lowest BCUT2D eigenvalue weighted by Gasteiger charge is -2.37. The number of hydrogen-bond acceptors (Lipinski definition) is 5. The van der Waals surface area contributed by atoms with Gasteiger partial charge in [0.15, 0.2) is 0 Å². The van der Waals surface area contributed by atoms with Gasteiger partial charge in [0.1, 0.15) is 10.7 Å². The summed E-state index contributed by atoms with van der Waals surface area (Å²) >= 11 is 1.54. The van der Waals surface area contributed by atoms with Gasteiger partial charge in [-0.15, -0.1) is 11.3 Å². The number of likely N-dealkylation sites (tertiary alicyclic amines) is 1. The minimum atomic E-state index is -0.100. The highest BCUT2D eigenvalue weighted by atomic mass is 32.1. The predicted molar refractivity (Wildman–Crippen MR) is 126 cm³/mol. The van der Waals surface area contributed by atoms with Gasteiger partial charge >= 0.3 is 0 Å². The molecule has 31 heavy (non-hydrogen) atoms. The van der Waals surface area contributed by atoms with Crippen molar-refractivity contribution in [3.63, 3.8) is 0 Å². The molecular formula is C24H30N4O2S. The van der Waals surface area contributed by atoms with Crippen LogP contribution in [-0.4, -0.2) is 39.9 Å². The molecule has 1 aliphatic heterocycles. The van der Waals surface area contributed by atoms with Crippen LogP contribution in [0.2, 0.25) is 0 Å². The molecule has 164 valence electrons. The Morgan fingerprint density at radius 1 is 1.29 bits per heavy atom. The largest absolute Gasteiger partial charge is 0.356 e. The molecule has 1 amide bonds. The van der Waals surface area contributed by atoms with Gasteiger partial charge in [-0.25, -0.2) is 4.98 Å². The number of rotatable bonds is 7. The first-order valence-electron chi connectivity index (χ1n) is 11.1. The van der Waals surface area contributed by atoms with E-state index in [-0.39, 0.29) is 17.4 Å². The Hall–Kier alpha value is -2.51. The van der Waals surface area contributed by atoms with Crippen LogP contribution >= 0.6 is 11.3 Å². The Bertz CT molecular complexity index is 1090. The van der Waals surface area contributed by atoms with Crippen molar-refractivity contribution in [2.75, 3.05) is 13.1 Å². The van der Waals surface area contributed by atoms with Crippen molar-refractivity contribution >= 4 is 27.5 Å². The second kappa shape index (κ2) is 9.75. The Labute approximate surface area is 186 Å². The number of hydrogen-bond donors (Lipinski definition) is 2. The lowest BCUT2D eigenvalue weighted by Crippen LogP contribution is -2.47. The van der Waals surface area contributed by atoms with Gasteiger partial charge in [-0.05, 0) is 37.8 Å². The summed E-state index contributed by atoms with van der Waals surface area (Å²) < 4.78 is 0.